The van der Waals surface area contributed by atoms with Crippen LogP contribution in [0.25, 0.3) is 0 Å². The molecule has 0 amide bonds. The van der Waals surface area contributed by atoms with E-state index in [-0.39, 0.29) is 11.8 Å². The Kier molecular flexibility index (Phi) is 3.18. The number of aromatic nitrogens is 1. The molecular weight excluding hydrogens is 240 g/mol. The van der Waals surface area contributed by atoms with E-state index in [4.69, 9.17) is 5.73 Å². The second kappa shape index (κ2) is 4.45. The van der Waals surface area contributed by atoms with Gasteiger partial charge in [-0.05, 0) is 25.3 Å². The maximum atomic E-state index is 12.1. The third kappa shape index (κ3) is 2.07. The summed E-state index contributed by atoms with van der Waals surface area (Å²) in [6.07, 6.45) is 0. The molecule has 16 heavy (non-hydrogen) atoms. The van der Waals surface area contributed by atoms with Crippen LogP contribution in [0.1, 0.15) is 38.9 Å². The second-order valence-electron chi connectivity index (χ2n) is 3.58. The molecule has 0 fully saturated rings. The highest BCUT2D eigenvalue weighted by molar-refractivity contribution is 7.10. The van der Waals surface area contributed by atoms with Crippen LogP contribution in [0.3, 0.4) is 0 Å². The zero-order valence-electron chi connectivity index (χ0n) is 9.06. The van der Waals surface area contributed by atoms with Crippen molar-refractivity contribution < 1.29 is 4.79 Å². The fraction of sp³-hybridized carbons (Fsp3) is 0.273. The summed E-state index contributed by atoms with van der Waals surface area (Å²) in [5.41, 5.74) is 6.96. The number of nitrogens with two attached hydrogens (primary N) is 1. The van der Waals surface area contributed by atoms with Crippen molar-refractivity contribution in [3.8, 4) is 0 Å². The molecule has 2 heterocycles. The maximum Gasteiger partial charge on any atom is 0.213 e. The molecule has 5 heteroatoms. The Morgan fingerprint density at radius 3 is 2.75 bits per heavy atom. The van der Waals surface area contributed by atoms with E-state index < -0.39 is 0 Å². The molecule has 1 atom stereocenters. The Bertz CT molecular complexity index is 514. The van der Waals surface area contributed by atoms with E-state index in [9.17, 15) is 4.79 Å². The average molecular weight is 252 g/mol. The summed E-state index contributed by atoms with van der Waals surface area (Å²) in [5, 5.41) is 4.50. The minimum atomic E-state index is -0.116. The predicted octanol–water partition coefficient (Wildman–Crippen LogP) is 2.76. The molecule has 2 N–H and O–H groups in total. The van der Waals surface area contributed by atoms with Crippen molar-refractivity contribution in [1.82, 2.24) is 4.98 Å². The van der Waals surface area contributed by atoms with Gasteiger partial charge in [-0.2, -0.15) is 0 Å². The average Bonchev–Trinajstić information content (AvgIpc) is 2.84. The summed E-state index contributed by atoms with van der Waals surface area (Å²) in [5.74, 6) is -0.0121. The number of hydrogen-bond acceptors (Lipinski definition) is 5. The van der Waals surface area contributed by atoms with Gasteiger partial charge in [0.1, 0.15) is 10.7 Å². The molecule has 0 aliphatic rings. The molecule has 2 aromatic heterocycles. The van der Waals surface area contributed by atoms with E-state index in [0.717, 1.165) is 15.4 Å². The van der Waals surface area contributed by atoms with Crippen LogP contribution in [0.5, 0.6) is 0 Å². The van der Waals surface area contributed by atoms with Gasteiger partial charge in [-0.25, -0.2) is 4.98 Å². The summed E-state index contributed by atoms with van der Waals surface area (Å²) in [6.45, 7) is 3.81. The minimum Gasteiger partial charge on any atom is -0.322 e. The SMILES string of the molecule is Cc1sccc1C(=O)c1csc(C(C)N)n1. The van der Waals surface area contributed by atoms with E-state index in [1.807, 2.05) is 25.3 Å². The standard InChI is InChI=1S/C11H12N2OS2/c1-6(12)11-13-9(5-16-11)10(14)8-3-4-15-7(8)2/h3-6H,12H2,1-2H3. The van der Waals surface area contributed by atoms with E-state index in [0.29, 0.717) is 5.69 Å². The van der Waals surface area contributed by atoms with Gasteiger partial charge in [-0.15, -0.1) is 22.7 Å². The number of carbonyl (C=O) groups excluding carboxylic acids is 1. The first-order valence-electron chi connectivity index (χ1n) is 4.89. The zero-order valence-corrected chi connectivity index (χ0v) is 10.7. The summed E-state index contributed by atoms with van der Waals surface area (Å²) in [6, 6.07) is 1.72. The fourth-order valence-electron chi connectivity index (χ4n) is 1.36. The number of carbonyl (C=O) groups is 1. The molecule has 0 spiro atoms. The molecule has 0 aromatic carbocycles. The first-order chi connectivity index (χ1) is 7.59. The van der Waals surface area contributed by atoms with Crippen LogP contribution in [0, 0.1) is 6.92 Å². The minimum absolute atomic E-state index is 0.0121. The zero-order chi connectivity index (χ0) is 11.7. The van der Waals surface area contributed by atoms with Crippen molar-refractivity contribution in [2.45, 2.75) is 19.9 Å². The van der Waals surface area contributed by atoms with Crippen LogP contribution in [-0.4, -0.2) is 10.8 Å². The molecular formula is C11H12N2OS2. The van der Waals surface area contributed by atoms with Crippen molar-refractivity contribution in [3.63, 3.8) is 0 Å². The van der Waals surface area contributed by atoms with Gasteiger partial charge in [-0.3, -0.25) is 4.79 Å². The third-order valence-corrected chi connectivity index (χ3v) is 4.14. The lowest BCUT2D eigenvalue weighted by Gasteiger charge is -1.97. The molecule has 0 aliphatic carbocycles. The van der Waals surface area contributed by atoms with Crippen LogP contribution in [0.4, 0.5) is 0 Å². The van der Waals surface area contributed by atoms with Crippen LogP contribution >= 0.6 is 22.7 Å². The van der Waals surface area contributed by atoms with E-state index in [2.05, 4.69) is 4.98 Å². The quantitative estimate of drug-likeness (QED) is 0.855. The molecule has 1 unspecified atom stereocenters. The number of ketones is 1. The van der Waals surface area contributed by atoms with E-state index in [1.54, 1.807) is 16.7 Å². The number of rotatable bonds is 3. The molecule has 0 saturated heterocycles. The molecule has 84 valence electrons. The third-order valence-electron chi connectivity index (χ3n) is 2.25. The molecule has 0 saturated carbocycles. The van der Waals surface area contributed by atoms with E-state index >= 15 is 0 Å². The Labute approximate surface area is 102 Å². The van der Waals surface area contributed by atoms with Gasteiger partial charge in [0.25, 0.3) is 0 Å². The highest BCUT2D eigenvalue weighted by atomic mass is 32.1. The lowest BCUT2D eigenvalue weighted by molar-refractivity contribution is 0.103. The first-order valence-corrected chi connectivity index (χ1v) is 6.65. The Balaban J connectivity index is 2.31. The summed E-state index contributed by atoms with van der Waals surface area (Å²) >= 11 is 3.01. The van der Waals surface area contributed by atoms with Gasteiger partial charge in [0.15, 0.2) is 0 Å². The molecule has 0 bridgehead atoms. The molecule has 2 rings (SSSR count). The summed E-state index contributed by atoms with van der Waals surface area (Å²) < 4.78 is 0. The van der Waals surface area contributed by atoms with Crippen molar-refractivity contribution in [2.75, 3.05) is 0 Å². The molecule has 2 aromatic rings. The van der Waals surface area contributed by atoms with Gasteiger partial charge >= 0.3 is 0 Å². The van der Waals surface area contributed by atoms with Crippen molar-refractivity contribution in [2.24, 2.45) is 5.73 Å². The topological polar surface area (TPSA) is 56.0 Å². The summed E-state index contributed by atoms with van der Waals surface area (Å²) in [7, 11) is 0. The lowest BCUT2D eigenvalue weighted by atomic mass is 10.1. The summed E-state index contributed by atoms with van der Waals surface area (Å²) in [4.78, 5) is 17.4. The Morgan fingerprint density at radius 2 is 2.25 bits per heavy atom. The van der Waals surface area contributed by atoms with E-state index in [1.165, 1.54) is 11.3 Å². The largest absolute Gasteiger partial charge is 0.322 e. The number of thiazole rings is 1. The van der Waals surface area contributed by atoms with Gasteiger partial charge in [0.2, 0.25) is 5.78 Å². The normalized spacial score (nSPS) is 12.7. The van der Waals surface area contributed by atoms with Crippen molar-refractivity contribution in [3.05, 3.63) is 38.0 Å². The molecule has 3 nitrogen and oxygen atoms in total. The fourth-order valence-corrected chi connectivity index (χ4v) is 2.81. The predicted molar refractivity (Wildman–Crippen MR) is 67.2 cm³/mol. The number of aryl methyl sites for hydroxylation is 1. The molecule has 0 aliphatic heterocycles. The van der Waals surface area contributed by atoms with Crippen LogP contribution in [-0.2, 0) is 0 Å². The Hall–Kier alpha value is -1.04. The van der Waals surface area contributed by atoms with Gasteiger partial charge < -0.3 is 5.73 Å². The van der Waals surface area contributed by atoms with Crippen LogP contribution in [0.2, 0.25) is 0 Å². The van der Waals surface area contributed by atoms with Crippen LogP contribution in [0.15, 0.2) is 16.8 Å². The number of thiophene rings is 1. The Morgan fingerprint density at radius 1 is 1.50 bits per heavy atom. The second-order valence-corrected chi connectivity index (χ2v) is 5.59. The molecule has 0 radical (unpaired) electrons. The maximum absolute atomic E-state index is 12.1. The van der Waals surface area contributed by atoms with Crippen molar-refractivity contribution >= 4 is 28.5 Å². The van der Waals surface area contributed by atoms with Crippen LogP contribution < -0.4 is 5.73 Å². The smallest absolute Gasteiger partial charge is 0.213 e. The highest BCUT2D eigenvalue weighted by Crippen LogP contribution is 2.22. The van der Waals surface area contributed by atoms with Gasteiger partial charge in [-0.1, -0.05) is 0 Å². The van der Waals surface area contributed by atoms with Gasteiger partial charge in [0, 0.05) is 15.8 Å². The highest BCUT2D eigenvalue weighted by Gasteiger charge is 2.16. The monoisotopic (exact) mass is 252 g/mol. The first kappa shape index (κ1) is 11.4. The van der Waals surface area contributed by atoms with Gasteiger partial charge in [0.05, 0.1) is 6.04 Å². The number of nitrogens with zero attached hydrogens (tertiary/aromatic N) is 1. The lowest BCUT2D eigenvalue weighted by Crippen LogP contribution is -2.06. The number of hydrogen-bond donors (Lipinski definition) is 1. The van der Waals surface area contributed by atoms with Crippen molar-refractivity contribution in [1.29, 1.82) is 0 Å².